The minimum atomic E-state index is -0.437. The van der Waals surface area contributed by atoms with Crippen molar-refractivity contribution >= 4 is 29.4 Å². The van der Waals surface area contributed by atoms with Gasteiger partial charge in [0.2, 0.25) is 0 Å². The summed E-state index contributed by atoms with van der Waals surface area (Å²) >= 11 is 0. The summed E-state index contributed by atoms with van der Waals surface area (Å²) < 4.78 is 4.72. The minimum absolute atomic E-state index is 0.212. The number of imide groups is 1. The maximum absolute atomic E-state index is 12.7. The van der Waals surface area contributed by atoms with E-state index < -0.39 is 17.8 Å². The van der Waals surface area contributed by atoms with E-state index in [0.29, 0.717) is 22.4 Å². The van der Waals surface area contributed by atoms with Crippen LogP contribution in [0.5, 0.6) is 0 Å². The number of nitrogens with one attached hydrogen (secondary N) is 1. The van der Waals surface area contributed by atoms with Gasteiger partial charge in [0.05, 0.1) is 23.8 Å². The van der Waals surface area contributed by atoms with Crippen LogP contribution in [-0.2, 0) is 4.74 Å². The fourth-order valence-corrected chi connectivity index (χ4v) is 3.37. The van der Waals surface area contributed by atoms with Crippen LogP contribution in [0.25, 0.3) is 0 Å². The molecule has 0 saturated carbocycles. The number of carbonyl (C=O) groups excluding carboxylic acids is 4. The van der Waals surface area contributed by atoms with Gasteiger partial charge in [0.15, 0.2) is 0 Å². The van der Waals surface area contributed by atoms with E-state index in [-0.39, 0.29) is 22.6 Å². The predicted molar refractivity (Wildman–Crippen MR) is 121 cm³/mol. The molecule has 4 rings (SSSR count). The molecule has 0 bridgehead atoms. The lowest BCUT2D eigenvalue weighted by atomic mass is 10.1. The molecule has 33 heavy (non-hydrogen) atoms. The Labute approximate surface area is 190 Å². The number of fused-ring (bicyclic) bond motifs is 1. The maximum Gasteiger partial charge on any atom is 0.337 e. The SMILES string of the molecule is COC(=O)c1cccc(C#Cc2cccc(NC(=O)c3ccc4c(c3)C(=O)N(C)C4=O)c2)c1. The first kappa shape index (κ1) is 21.5. The third-order valence-electron chi connectivity index (χ3n) is 5.11. The Morgan fingerprint density at radius 3 is 2.21 bits per heavy atom. The van der Waals surface area contributed by atoms with Crippen molar-refractivity contribution in [2.24, 2.45) is 0 Å². The average molecular weight is 438 g/mol. The first-order valence-electron chi connectivity index (χ1n) is 9.95. The number of esters is 1. The highest BCUT2D eigenvalue weighted by Gasteiger charge is 2.33. The zero-order chi connectivity index (χ0) is 23.5. The number of benzene rings is 3. The van der Waals surface area contributed by atoms with Gasteiger partial charge >= 0.3 is 5.97 Å². The van der Waals surface area contributed by atoms with Crippen LogP contribution in [-0.4, -0.2) is 42.7 Å². The fraction of sp³-hybridized carbons (Fsp3) is 0.0769. The molecular weight excluding hydrogens is 420 g/mol. The molecule has 0 radical (unpaired) electrons. The molecule has 7 nitrogen and oxygen atoms in total. The van der Waals surface area contributed by atoms with E-state index >= 15 is 0 Å². The summed E-state index contributed by atoms with van der Waals surface area (Å²) in [5, 5.41) is 2.78. The van der Waals surface area contributed by atoms with Gasteiger partial charge in [-0.05, 0) is 54.6 Å². The number of nitrogens with zero attached hydrogens (tertiary/aromatic N) is 1. The van der Waals surface area contributed by atoms with Crippen LogP contribution in [0, 0.1) is 11.8 Å². The van der Waals surface area contributed by atoms with Crippen molar-refractivity contribution in [3.8, 4) is 11.8 Å². The summed E-state index contributed by atoms with van der Waals surface area (Å²) in [5.74, 6) is 4.33. The first-order chi connectivity index (χ1) is 15.9. The van der Waals surface area contributed by atoms with Gasteiger partial charge in [0.25, 0.3) is 17.7 Å². The van der Waals surface area contributed by atoms with E-state index in [9.17, 15) is 19.2 Å². The van der Waals surface area contributed by atoms with Crippen LogP contribution >= 0.6 is 0 Å². The number of rotatable bonds is 3. The molecule has 7 heteroatoms. The second kappa shape index (κ2) is 8.81. The zero-order valence-electron chi connectivity index (χ0n) is 17.8. The Balaban J connectivity index is 1.52. The Bertz CT molecular complexity index is 1380. The van der Waals surface area contributed by atoms with Crippen molar-refractivity contribution in [3.05, 3.63) is 100 Å². The van der Waals surface area contributed by atoms with Gasteiger partial charge in [-0.1, -0.05) is 24.0 Å². The maximum atomic E-state index is 12.7. The normalized spacial score (nSPS) is 12.0. The van der Waals surface area contributed by atoms with Crippen molar-refractivity contribution in [1.29, 1.82) is 0 Å². The van der Waals surface area contributed by atoms with Crippen molar-refractivity contribution in [2.45, 2.75) is 0 Å². The van der Waals surface area contributed by atoms with E-state index in [2.05, 4.69) is 17.2 Å². The van der Waals surface area contributed by atoms with Gasteiger partial charge < -0.3 is 10.1 Å². The molecule has 1 heterocycles. The third kappa shape index (κ3) is 4.36. The van der Waals surface area contributed by atoms with Crippen molar-refractivity contribution in [3.63, 3.8) is 0 Å². The molecule has 1 N–H and O–H groups in total. The van der Waals surface area contributed by atoms with Crippen molar-refractivity contribution in [1.82, 2.24) is 4.90 Å². The summed E-state index contributed by atoms with van der Waals surface area (Å²) in [6.07, 6.45) is 0. The quantitative estimate of drug-likeness (QED) is 0.385. The molecular formula is C26H18N2O5. The van der Waals surface area contributed by atoms with E-state index in [4.69, 9.17) is 4.74 Å². The summed E-state index contributed by atoms with van der Waals surface area (Å²) in [6.45, 7) is 0. The molecule has 0 atom stereocenters. The second-order valence-electron chi connectivity index (χ2n) is 7.29. The summed E-state index contributed by atoms with van der Waals surface area (Å²) in [7, 11) is 2.72. The molecule has 0 saturated heterocycles. The van der Waals surface area contributed by atoms with Crippen LogP contribution in [0.2, 0.25) is 0 Å². The third-order valence-corrected chi connectivity index (χ3v) is 5.11. The average Bonchev–Trinajstić information content (AvgIpc) is 3.06. The van der Waals surface area contributed by atoms with Crippen molar-refractivity contribution in [2.75, 3.05) is 19.5 Å². The second-order valence-corrected chi connectivity index (χ2v) is 7.29. The Kier molecular flexibility index (Phi) is 5.75. The molecule has 162 valence electrons. The van der Waals surface area contributed by atoms with Crippen LogP contribution in [0.3, 0.4) is 0 Å². The molecule has 0 aliphatic carbocycles. The van der Waals surface area contributed by atoms with E-state index in [1.165, 1.54) is 32.4 Å². The van der Waals surface area contributed by atoms with E-state index in [1.54, 1.807) is 48.5 Å². The molecule has 3 aromatic rings. The minimum Gasteiger partial charge on any atom is -0.465 e. The summed E-state index contributed by atoms with van der Waals surface area (Å²) in [5.41, 5.74) is 3.00. The highest BCUT2D eigenvalue weighted by Crippen LogP contribution is 2.23. The van der Waals surface area contributed by atoms with E-state index in [1.807, 2.05) is 0 Å². The number of carbonyl (C=O) groups is 4. The topological polar surface area (TPSA) is 92.8 Å². The predicted octanol–water partition coefficient (Wildman–Crippen LogP) is 3.35. The highest BCUT2D eigenvalue weighted by atomic mass is 16.5. The molecule has 3 amide bonds. The Hall–Kier alpha value is -4.70. The van der Waals surface area contributed by atoms with Gasteiger partial charge in [-0.2, -0.15) is 0 Å². The smallest absolute Gasteiger partial charge is 0.337 e. The Morgan fingerprint density at radius 1 is 0.818 bits per heavy atom. The largest absolute Gasteiger partial charge is 0.465 e. The van der Waals surface area contributed by atoms with Crippen LogP contribution in [0.1, 0.15) is 52.6 Å². The van der Waals surface area contributed by atoms with Crippen LogP contribution < -0.4 is 5.32 Å². The standard InChI is InChI=1S/C26H18N2O5/c1-28-24(30)21-12-11-18(15-22(21)25(28)31)23(29)27-20-8-4-6-17(14-20)10-9-16-5-3-7-19(13-16)26(32)33-2/h3-8,11-15H,1-2H3,(H,27,29). The first-order valence-corrected chi connectivity index (χ1v) is 9.95. The molecule has 0 spiro atoms. The number of anilines is 1. The highest BCUT2D eigenvalue weighted by molar-refractivity contribution is 6.22. The molecule has 0 unspecified atom stereocenters. The van der Waals surface area contributed by atoms with Gasteiger partial charge in [-0.25, -0.2) is 4.79 Å². The molecule has 1 aliphatic rings. The van der Waals surface area contributed by atoms with Gasteiger partial charge in [0, 0.05) is 29.4 Å². The number of methoxy groups -OCH3 is 1. The fourth-order valence-electron chi connectivity index (χ4n) is 3.37. The molecule has 0 aromatic heterocycles. The monoisotopic (exact) mass is 438 g/mol. The Morgan fingerprint density at radius 2 is 1.48 bits per heavy atom. The zero-order valence-corrected chi connectivity index (χ0v) is 17.8. The lowest BCUT2D eigenvalue weighted by Gasteiger charge is -2.06. The number of amides is 3. The van der Waals surface area contributed by atoms with Gasteiger partial charge in [-0.15, -0.1) is 0 Å². The van der Waals surface area contributed by atoms with Crippen LogP contribution in [0.4, 0.5) is 5.69 Å². The van der Waals surface area contributed by atoms with Gasteiger partial charge in [-0.3, -0.25) is 19.3 Å². The molecule has 0 fully saturated rings. The van der Waals surface area contributed by atoms with E-state index in [0.717, 1.165) is 4.90 Å². The number of hydrogen-bond donors (Lipinski definition) is 1. The summed E-state index contributed by atoms with van der Waals surface area (Å²) in [4.78, 5) is 49.6. The number of hydrogen-bond acceptors (Lipinski definition) is 5. The molecule has 3 aromatic carbocycles. The van der Waals surface area contributed by atoms with Gasteiger partial charge in [0.1, 0.15) is 0 Å². The number of ether oxygens (including phenoxy) is 1. The van der Waals surface area contributed by atoms with Crippen LogP contribution in [0.15, 0.2) is 66.7 Å². The van der Waals surface area contributed by atoms with Crippen molar-refractivity contribution < 1.29 is 23.9 Å². The summed E-state index contributed by atoms with van der Waals surface area (Å²) in [6, 6.07) is 18.2. The molecule has 1 aliphatic heterocycles. The lowest BCUT2D eigenvalue weighted by Crippen LogP contribution is -2.24. The lowest BCUT2D eigenvalue weighted by molar-refractivity contribution is 0.0599.